The van der Waals surface area contributed by atoms with Gasteiger partial charge >= 0.3 is 0 Å². The summed E-state index contributed by atoms with van der Waals surface area (Å²) in [5.41, 5.74) is 4.17. The number of aliphatic hydroxyl groups is 1. The van der Waals surface area contributed by atoms with Gasteiger partial charge in [-0.15, -0.1) is 11.3 Å². The summed E-state index contributed by atoms with van der Waals surface area (Å²) in [7, 11) is 0. The molecule has 0 amide bonds. The first-order valence-electron chi connectivity index (χ1n) is 6.66. The molecule has 19 heavy (non-hydrogen) atoms. The maximum atomic E-state index is 9.94. The van der Waals surface area contributed by atoms with Gasteiger partial charge in [0.2, 0.25) is 0 Å². The third-order valence-corrected chi connectivity index (χ3v) is 4.72. The van der Waals surface area contributed by atoms with Gasteiger partial charge in [0.1, 0.15) is 0 Å². The van der Waals surface area contributed by atoms with Crippen LogP contribution in [0.4, 0.5) is 0 Å². The van der Waals surface area contributed by atoms with E-state index in [4.69, 9.17) is 0 Å². The summed E-state index contributed by atoms with van der Waals surface area (Å²) in [6.07, 6.45) is 5.10. The Morgan fingerprint density at radius 2 is 2.26 bits per heavy atom. The lowest BCUT2D eigenvalue weighted by atomic mass is 9.77. The van der Waals surface area contributed by atoms with E-state index in [2.05, 4.69) is 34.6 Å². The van der Waals surface area contributed by atoms with Crippen molar-refractivity contribution in [2.45, 2.75) is 31.3 Å². The van der Waals surface area contributed by atoms with E-state index >= 15 is 0 Å². The number of aliphatic hydroxyl groups excluding tert-OH is 1. The highest BCUT2D eigenvalue weighted by Gasteiger charge is 2.35. The molecule has 0 saturated carbocycles. The Morgan fingerprint density at radius 1 is 1.37 bits per heavy atom. The molecule has 0 saturated heterocycles. The van der Waals surface area contributed by atoms with Crippen LogP contribution in [0.1, 0.15) is 28.8 Å². The minimum atomic E-state index is -0.293. The third-order valence-electron chi connectivity index (χ3n) is 3.94. The molecule has 1 aromatic carbocycles. The van der Waals surface area contributed by atoms with E-state index in [0.717, 1.165) is 25.8 Å². The van der Waals surface area contributed by atoms with Gasteiger partial charge in [0.25, 0.3) is 0 Å². The van der Waals surface area contributed by atoms with E-state index in [0.29, 0.717) is 0 Å². The topological polar surface area (TPSA) is 45.1 Å². The first kappa shape index (κ1) is 12.8. The molecular formula is C15H18N2OS. The van der Waals surface area contributed by atoms with E-state index in [-0.39, 0.29) is 12.1 Å². The van der Waals surface area contributed by atoms with Gasteiger partial charge in [-0.2, -0.15) is 0 Å². The predicted octanol–water partition coefficient (Wildman–Crippen LogP) is 2.46. The normalized spacial score (nSPS) is 22.2. The van der Waals surface area contributed by atoms with Crippen molar-refractivity contribution < 1.29 is 5.11 Å². The van der Waals surface area contributed by atoms with Crippen LogP contribution < -0.4 is 5.32 Å². The molecule has 0 bridgehead atoms. The molecule has 0 spiro atoms. The molecule has 4 heteroatoms. The predicted molar refractivity (Wildman–Crippen MR) is 77.1 cm³/mol. The van der Waals surface area contributed by atoms with Crippen LogP contribution in [0.3, 0.4) is 0 Å². The summed E-state index contributed by atoms with van der Waals surface area (Å²) in [6, 6.07) is 8.45. The smallest absolute Gasteiger partial charge is 0.0794 e. The van der Waals surface area contributed by atoms with Crippen LogP contribution in [0.5, 0.6) is 0 Å². The average molecular weight is 274 g/mol. The highest BCUT2D eigenvalue weighted by atomic mass is 32.1. The minimum absolute atomic E-state index is 0.142. The fraction of sp³-hybridized carbons (Fsp3) is 0.400. The van der Waals surface area contributed by atoms with Crippen molar-refractivity contribution in [3.8, 4) is 0 Å². The number of nitrogens with one attached hydrogen (secondary N) is 1. The molecule has 0 unspecified atom stereocenters. The van der Waals surface area contributed by atoms with Crippen LogP contribution in [0, 0.1) is 0 Å². The number of aromatic nitrogens is 1. The molecule has 1 aromatic heterocycles. The Morgan fingerprint density at radius 3 is 3.05 bits per heavy atom. The lowest BCUT2D eigenvalue weighted by Gasteiger charge is -2.38. The maximum absolute atomic E-state index is 9.94. The molecule has 1 heterocycles. The Bertz CT molecular complexity index is 541. The largest absolute Gasteiger partial charge is 0.394 e. The van der Waals surface area contributed by atoms with Crippen molar-refractivity contribution in [1.29, 1.82) is 0 Å². The Labute approximate surface area is 117 Å². The van der Waals surface area contributed by atoms with Crippen molar-refractivity contribution in [3.63, 3.8) is 0 Å². The number of thiazole rings is 1. The maximum Gasteiger partial charge on any atom is 0.0794 e. The molecule has 1 atom stereocenters. The average Bonchev–Trinajstić information content (AvgIpc) is 2.98. The fourth-order valence-electron chi connectivity index (χ4n) is 2.91. The van der Waals surface area contributed by atoms with Crippen molar-refractivity contribution in [2.24, 2.45) is 0 Å². The highest BCUT2D eigenvalue weighted by molar-refractivity contribution is 7.09. The summed E-state index contributed by atoms with van der Waals surface area (Å²) in [5, 5.41) is 13.5. The number of hydrogen-bond acceptors (Lipinski definition) is 4. The van der Waals surface area contributed by atoms with Crippen LogP contribution in [0.15, 0.2) is 36.0 Å². The van der Waals surface area contributed by atoms with Gasteiger partial charge in [0, 0.05) is 17.6 Å². The molecule has 2 N–H and O–H groups in total. The second kappa shape index (κ2) is 5.41. The standard InChI is InChI=1S/C15H18N2OS/c18-10-15(17-9-13-8-16-11-19-13)7-3-5-12-4-1-2-6-14(12)15/h1-2,4,6,8,11,17-18H,3,5,7,9-10H2/t15-/m1/s1. The van der Waals surface area contributed by atoms with Crippen LogP contribution in [0.2, 0.25) is 0 Å². The van der Waals surface area contributed by atoms with Crippen LogP contribution >= 0.6 is 11.3 Å². The molecule has 3 rings (SSSR count). The number of aryl methyl sites for hydroxylation is 1. The number of fused-ring (bicyclic) bond motifs is 1. The molecular weight excluding hydrogens is 256 g/mol. The Kier molecular flexibility index (Phi) is 3.64. The first-order valence-corrected chi connectivity index (χ1v) is 7.54. The lowest BCUT2D eigenvalue weighted by molar-refractivity contribution is 0.140. The summed E-state index contributed by atoms with van der Waals surface area (Å²) in [6.45, 7) is 0.905. The van der Waals surface area contributed by atoms with E-state index in [9.17, 15) is 5.11 Å². The van der Waals surface area contributed by atoms with E-state index in [1.807, 2.05) is 11.7 Å². The monoisotopic (exact) mass is 274 g/mol. The van der Waals surface area contributed by atoms with E-state index < -0.39 is 0 Å². The number of hydrogen-bond donors (Lipinski definition) is 2. The van der Waals surface area contributed by atoms with Gasteiger partial charge in [-0.25, -0.2) is 0 Å². The van der Waals surface area contributed by atoms with Gasteiger partial charge in [0.05, 0.1) is 17.7 Å². The van der Waals surface area contributed by atoms with Crippen LogP contribution in [-0.4, -0.2) is 16.7 Å². The molecule has 3 nitrogen and oxygen atoms in total. The molecule has 0 fully saturated rings. The van der Waals surface area contributed by atoms with Gasteiger partial charge in [0.15, 0.2) is 0 Å². The molecule has 2 aromatic rings. The molecule has 1 aliphatic carbocycles. The zero-order chi connectivity index (χ0) is 13.1. The summed E-state index contributed by atoms with van der Waals surface area (Å²) in [4.78, 5) is 5.30. The number of benzene rings is 1. The van der Waals surface area contributed by atoms with Crippen molar-refractivity contribution >= 4 is 11.3 Å². The Hall–Kier alpha value is -1.23. The summed E-state index contributed by atoms with van der Waals surface area (Å²) >= 11 is 1.65. The zero-order valence-electron chi connectivity index (χ0n) is 10.8. The molecule has 1 aliphatic rings. The van der Waals surface area contributed by atoms with Crippen molar-refractivity contribution in [3.05, 3.63) is 52.0 Å². The molecule has 100 valence electrons. The van der Waals surface area contributed by atoms with Crippen molar-refractivity contribution in [1.82, 2.24) is 10.3 Å². The van der Waals surface area contributed by atoms with Crippen LogP contribution in [-0.2, 0) is 18.5 Å². The second-order valence-electron chi connectivity index (χ2n) is 5.07. The zero-order valence-corrected chi connectivity index (χ0v) is 11.6. The lowest BCUT2D eigenvalue weighted by Crippen LogP contribution is -2.47. The van der Waals surface area contributed by atoms with Gasteiger partial charge in [-0.05, 0) is 30.4 Å². The van der Waals surface area contributed by atoms with Gasteiger partial charge in [-0.3, -0.25) is 4.98 Å². The summed E-state index contributed by atoms with van der Waals surface area (Å²) in [5.74, 6) is 0. The van der Waals surface area contributed by atoms with E-state index in [1.165, 1.54) is 16.0 Å². The fourth-order valence-corrected chi connectivity index (χ4v) is 3.44. The second-order valence-corrected chi connectivity index (χ2v) is 6.04. The van der Waals surface area contributed by atoms with Crippen LogP contribution in [0.25, 0.3) is 0 Å². The Balaban J connectivity index is 1.87. The molecule has 0 radical (unpaired) electrons. The first-order chi connectivity index (χ1) is 9.34. The van der Waals surface area contributed by atoms with Gasteiger partial charge < -0.3 is 10.4 Å². The van der Waals surface area contributed by atoms with E-state index in [1.54, 1.807) is 11.3 Å². The van der Waals surface area contributed by atoms with Crippen molar-refractivity contribution in [2.75, 3.05) is 6.61 Å². The molecule has 0 aliphatic heterocycles. The number of nitrogens with zero attached hydrogens (tertiary/aromatic N) is 1. The minimum Gasteiger partial charge on any atom is -0.394 e. The van der Waals surface area contributed by atoms with Gasteiger partial charge in [-0.1, -0.05) is 24.3 Å². The number of rotatable bonds is 4. The third kappa shape index (κ3) is 2.43. The summed E-state index contributed by atoms with van der Waals surface area (Å²) < 4.78 is 0. The SMILES string of the molecule is OC[C@]1(NCc2cncs2)CCCc2ccccc21. The quantitative estimate of drug-likeness (QED) is 0.900. The highest BCUT2D eigenvalue weighted by Crippen LogP contribution is 2.35.